The number of nitrogens with one attached hydrogen (secondary N) is 1. The summed E-state index contributed by atoms with van der Waals surface area (Å²) in [6, 6.07) is 16.3. The van der Waals surface area contributed by atoms with Gasteiger partial charge in [-0.1, -0.05) is 36.3 Å². The fourth-order valence-electron chi connectivity index (χ4n) is 3.80. The number of ether oxygens (including phenoxy) is 3. The van der Waals surface area contributed by atoms with Crippen molar-refractivity contribution >= 4 is 17.5 Å². The molecule has 3 aromatic carbocycles. The molecule has 0 radical (unpaired) electrons. The zero-order valence-corrected chi connectivity index (χ0v) is 22.3. The average Bonchev–Trinajstić information content (AvgIpc) is 2.89. The summed E-state index contributed by atoms with van der Waals surface area (Å²) in [6.07, 6.45) is 0. The van der Waals surface area contributed by atoms with E-state index < -0.39 is 29.2 Å². The molecule has 1 atom stereocenters. The fraction of sp³-hybridized carbons (Fsp3) is 0.267. The van der Waals surface area contributed by atoms with E-state index in [1.165, 1.54) is 50.5 Å². The molecular formula is C30H31FN2O5. The van der Waals surface area contributed by atoms with Gasteiger partial charge >= 0.3 is 5.91 Å². The van der Waals surface area contributed by atoms with Gasteiger partial charge in [0.05, 0.1) is 27.0 Å². The Morgan fingerprint density at radius 2 is 1.47 bits per heavy atom. The van der Waals surface area contributed by atoms with Crippen LogP contribution in [0.2, 0.25) is 0 Å². The predicted octanol–water partition coefficient (Wildman–Crippen LogP) is 4.89. The highest BCUT2D eigenvalue weighted by Crippen LogP contribution is 2.43. The van der Waals surface area contributed by atoms with Crippen molar-refractivity contribution in [3.05, 3.63) is 83.7 Å². The Morgan fingerprint density at radius 1 is 0.895 bits per heavy atom. The number of nitrogens with zero attached hydrogens (tertiary/aromatic N) is 1. The smallest absolute Gasteiger partial charge is 0.304 e. The molecule has 8 heteroatoms. The summed E-state index contributed by atoms with van der Waals surface area (Å²) in [5.41, 5.74) is 0.667. The quantitative estimate of drug-likeness (QED) is 0.451. The molecule has 0 saturated carbocycles. The van der Waals surface area contributed by atoms with E-state index in [1.807, 2.05) is 39.0 Å². The summed E-state index contributed by atoms with van der Waals surface area (Å²) >= 11 is 0. The van der Waals surface area contributed by atoms with Gasteiger partial charge in [-0.3, -0.25) is 14.5 Å². The first kappa shape index (κ1) is 28.1. The van der Waals surface area contributed by atoms with Gasteiger partial charge in [0, 0.05) is 29.2 Å². The van der Waals surface area contributed by atoms with Crippen LogP contribution in [-0.2, 0) is 9.59 Å². The molecule has 0 aliphatic rings. The molecule has 3 aromatic rings. The topological polar surface area (TPSA) is 77.1 Å². The van der Waals surface area contributed by atoms with Crippen molar-refractivity contribution in [2.75, 3.05) is 26.2 Å². The van der Waals surface area contributed by atoms with E-state index in [2.05, 4.69) is 17.2 Å². The number of benzene rings is 3. The molecule has 0 spiro atoms. The molecule has 0 bridgehead atoms. The average molecular weight is 519 g/mol. The highest BCUT2D eigenvalue weighted by Gasteiger charge is 2.35. The molecule has 1 N–H and O–H groups in total. The summed E-state index contributed by atoms with van der Waals surface area (Å²) in [7, 11) is 4.37. The van der Waals surface area contributed by atoms with Crippen molar-refractivity contribution in [1.29, 1.82) is 0 Å². The van der Waals surface area contributed by atoms with Crippen molar-refractivity contribution in [3.63, 3.8) is 0 Å². The third kappa shape index (κ3) is 6.83. The van der Waals surface area contributed by atoms with Crippen molar-refractivity contribution in [2.45, 2.75) is 32.4 Å². The molecule has 0 aliphatic carbocycles. The Balaban J connectivity index is 2.27. The zero-order chi connectivity index (χ0) is 27.9. The lowest BCUT2D eigenvalue weighted by molar-refractivity contribution is -0.126. The third-order valence-electron chi connectivity index (χ3n) is 5.42. The summed E-state index contributed by atoms with van der Waals surface area (Å²) in [6.45, 7) is 5.48. The molecule has 0 saturated heterocycles. The van der Waals surface area contributed by atoms with Gasteiger partial charge in [0.25, 0.3) is 0 Å². The minimum absolute atomic E-state index is 0.269. The molecule has 198 valence electrons. The number of anilines is 1. The van der Waals surface area contributed by atoms with Gasteiger partial charge in [0.1, 0.15) is 11.9 Å². The number of halogens is 1. The van der Waals surface area contributed by atoms with E-state index in [4.69, 9.17) is 14.2 Å². The number of carbonyl (C=O) groups excluding carboxylic acids is 2. The Bertz CT molecular complexity index is 1310. The van der Waals surface area contributed by atoms with Crippen LogP contribution in [0.15, 0.2) is 66.7 Å². The third-order valence-corrected chi connectivity index (χ3v) is 5.42. The Labute approximate surface area is 222 Å². The molecule has 7 nitrogen and oxygen atoms in total. The van der Waals surface area contributed by atoms with Crippen LogP contribution >= 0.6 is 0 Å². The first-order chi connectivity index (χ1) is 18.1. The van der Waals surface area contributed by atoms with Gasteiger partial charge in [0.15, 0.2) is 11.5 Å². The van der Waals surface area contributed by atoms with Crippen molar-refractivity contribution < 1.29 is 28.2 Å². The van der Waals surface area contributed by atoms with Crippen molar-refractivity contribution in [2.24, 2.45) is 0 Å². The maximum Gasteiger partial charge on any atom is 0.304 e. The normalized spacial score (nSPS) is 11.4. The van der Waals surface area contributed by atoms with E-state index in [-0.39, 0.29) is 17.2 Å². The predicted molar refractivity (Wildman–Crippen MR) is 144 cm³/mol. The number of rotatable bonds is 7. The van der Waals surface area contributed by atoms with E-state index in [9.17, 15) is 14.0 Å². The number of methoxy groups -OCH3 is 3. The second-order valence-electron chi connectivity index (χ2n) is 9.37. The van der Waals surface area contributed by atoms with Crippen LogP contribution in [0.1, 0.15) is 37.9 Å². The van der Waals surface area contributed by atoms with Gasteiger partial charge in [-0.2, -0.15) is 0 Å². The monoisotopic (exact) mass is 518 g/mol. The second kappa shape index (κ2) is 12.2. The minimum Gasteiger partial charge on any atom is -0.493 e. The van der Waals surface area contributed by atoms with E-state index in [1.54, 1.807) is 24.3 Å². The summed E-state index contributed by atoms with van der Waals surface area (Å²) in [4.78, 5) is 28.8. The lowest BCUT2D eigenvalue weighted by atomic mass is 10.0. The first-order valence-corrected chi connectivity index (χ1v) is 11.9. The number of hydrogen-bond donors (Lipinski definition) is 1. The zero-order valence-electron chi connectivity index (χ0n) is 22.3. The van der Waals surface area contributed by atoms with Gasteiger partial charge in [0.2, 0.25) is 11.7 Å². The molecule has 0 fully saturated rings. The van der Waals surface area contributed by atoms with Gasteiger partial charge in [-0.15, -0.1) is 0 Å². The Morgan fingerprint density at radius 3 is 1.97 bits per heavy atom. The maximum atomic E-state index is 13.8. The van der Waals surface area contributed by atoms with Gasteiger partial charge in [-0.25, -0.2) is 4.39 Å². The van der Waals surface area contributed by atoms with Crippen molar-refractivity contribution in [1.82, 2.24) is 5.32 Å². The highest BCUT2D eigenvalue weighted by molar-refractivity contribution is 6.10. The Hall–Kier alpha value is -4.51. The van der Waals surface area contributed by atoms with Crippen LogP contribution in [0, 0.1) is 17.7 Å². The molecule has 0 aromatic heterocycles. The standard InChI is InChI=1S/C30H31FN2O5/c1-30(2,3)32-29(35)27(21-13-15-22(31)16-14-21)33(26(34)17-12-20-10-8-7-9-11-20)23-18-24(36-4)28(38-6)25(19-23)37-5/h7-11,13-16,18-19,27H,1-6H3,(H,32,35). The number of amides is 2. The molecule has 0 heterocycles. The van der Waals surface area contributed by atoms with Gasteiger partial charge < -0.3 is 19.5 Å². The summed E-state index contributed by atoms with van der Waals surface area (Å²) < 4.78 is 30.3. The second-order valence-corrected chi connectivity index (χ2v) is 9.37. The molecule has 1 unspecified atom stereocenters. The molecule has 2 amide bonds. The van der Waals surface area contributed by atoms with E-state index >= 15 is 0 Å². The van der Waals surface area contributed by atoms with E-state index in [0.29, 0.717) is 16.9 Å². The number of hydrogen-bond acceptors (Lipinski definition) is 5. The van der Waals surface area contributed by atoms with E-state index in [0.717, 1.165) is 0 Å². The highest BCUT2D eigenvalue weighted by atomic mass is 19.1. The van der Waals surface area contributed by atoms with Crippen molar-refractivity contribution in [3.8, 4) is 29.1 Å². The van der Waals surface area contributed by atoms with Crippen LogP contribution in [0.5, 0.6) is 17.2 Å². The first-order valence-electron chi connectivity index (χ1n) is 11.9. The van der Waals surface area contributed by atoms with Crippen LogP contribution in [-0.4, -0.2) is 38.7 Å². The molecule has 3 rings (SSSR count). The minimum atomic E-state index is -1.20. The maximum absolute atomic E-state index is 13.8. The molecule has 38 heavy (non-hydrogen) atoms. The lowest BCUT2D eigenvalue weighted by Crippen LogP contribution is -2.49. The van der Waals surface area contributed by atoms with Gasteiger partial charge in [-0.05, 0) is 50.6 Å². The molecule has 0 aliphatic heterocycles. The van der Waals surface area contributed by atoms with Crippen LogP contribution in [0.4, 0.5) is 10.1 Å². The lowest BCUT2D eigenvalue weighted by Gasteiger charge is -2.33. The number of carbonyl (C=O) groups is 2. The summed E-state index contributed by atoms with van der Waals surface area (Å²) in [5.74, 6) is 4.77. The fourth-order valence-corrected chi connectivity index (χ4v) is 3.80. The van der Waals surface area contributed by atoms with Crippen LogP contribution < -0.4 is 24.4 Å². The SMILES string of the molecule is COc1cc(N(C(=O)C#Cc2ccccc2)C(C(=O)NC(C)(C)C)c2ccc(F)cc2)cc(OC)c1OC. The van der Waals surface area contributed by atoms with Crippen LogP contribution in [0.25, 0.3) is 0 Å². The molecular weight excluding hydrogens is 487 g/mol. The van der Waals surface area contributed by atoms with Crippen LogP contribution in [0.3, 0.4) is 0 Å². The Kier molecular flexibility index (Phi) is 8.98. The largest absolute Gasteiger partial charge is 0.493 e. The summed E-state index contributed by atoms with van der Waals surface area (Å²) in [5, 5.41) is 2.93.